The van der Waals surface area contributed by atoms with Crippen molar-refractivity contribution in [3.05, 3.63) is 65.5 Å². The van der Waals surface area contributed by atoms with Crippen LogP contribution in [0.5, 0.6) is 5.75 Å². The molecule has 0 spiro atoms. The number of halogens is 1. The second-order valence-corrected chi connectivity index (χ2v) is 4.92. The highest BCUT2D eigenvalue weighted by atomic mass is 19.1. The number of ether oxygens (including phenoxy) is 1. The lowest BCUT2D eigenvalue weighted by Gasteiger charge is -2.26. The van der Waals surface area contributed by atoms with Crippen molar-refractivity contribution in [2.75, 3.05) is 7.11 Å². The molecule has 0 aromatic heterocycles. The minimum atomic E-state index is -0.736. The van der Waals surface area contributed by atoms with Gasteiger partial charge in [-0.25, -0.2) is 4.39 Å². The van der Waals surface area contributed by atoms with Crippen LogP contribution in [0.4, 0.5) is 4.39 Å². The Bertz CT molecular complexity index is 549. The van der Waals surface area contributed by atoms with Gasteiger partial charge < -0.3 is 10.5 Å². The van der Waals surface area contributed by atoms with Crippen LogP contribution in [-0.4, -0.2) is 7.11 Å². The predicted molar refractivity (Wildman–Crippen MR) is 74.6 cm³/mol. The summed E-state index contributed by atoms with van der Waals surface area (Å²) in [5.74, 6) is 0.536. The van der Waals surface area contributed by atoms with E-state index in [1.807, 2.05) is 31.2 Å². The molecule has 0 amide bonds. The van der Waals surface area contributed by atoms with Gasteiger partial charge in [0.15, 0.2) is 0 Å². The maximum atomic E-state index is 13.8. The van der Waals surface area contributed by atoms with Crippen LogP contribution in [0.1, 0.15) is 18.1 Å². The topological polar surface area (TPSA) is 35.2 Å². The second kappa shape index (κ2) is 5.41. The van der Waals surface area contributed by atoms with Crippen LogP contribution in [0.2, 0.25) is 0 Å². The van der Waals surface area contributed by atoms with Crippen LogP contribution >= 0.6 is 0 Å². The van der Waals surface area contributed by atoms with Gasteiger partial charge in [0, 0.05) is 11.1 Å². The number of benzene rings is 2. The van der Waals surface area contributed by atoms with Crippen LogP contribution in [0.25, 0.3) is 0 Å². The summed E-state index contributed by atoms with van der Waals surface area (Å²) in [5.41, 5.74) is 7.12. The summed E-state index contributed by atoms with van der Waals surface area (Å²) in [4.78, 5) is 0. The second-order valence-electron chi connectivity index (χ2n) is 4.92. The first kappa shape index (κ1) is 13.6. The van der Waals surface area contributed by atoms with Gasteiger partial charge in [-0.2, -0.15) is 0 Å². The smallest absolute Gasteiger partial charge is 0.128 e. The van der Waals surface area contributed by atoms with Crippen LogP contribution in [0.15, 0.2) is 48.5 Å². The molecular weight excluding hydrogens is 241 g/mol. The number of hydrogen-bond acceptors (Lipinski definition) is 2. The van der Waals surface area contributed by atoms with E-state index in [0.29, 0.717) is 12.0 Å². The van der Waals surface area contributed by atoms with Crippen LogP contribution in [0.3, 0.4) is 0 Å². The van der Waals surface area contributed by atoms with Crippen LogP contribution in [0, 0.1) is 5.82 Å². The molecule has 2 N–H and O–H groups in total. The zero-order valence-corrected chi connectivity index (χ0v) is 11.2. The fourth-order valence-electron chi connectivity index (χ4n) is 2.19. The Hall–Kier alpha value is -1.87. The van der Waals surface area contributed by atoms with Crippen molar-refractivity contribution >= 4 is 0 Å². The molecule has 2 rings (SSSR count). The zero-order valence-electron chi connectivity index (χ0n) is 11.2. The summed E-state index contributed by atoms with van der Waals surface area (Å²) in [6, 6.07) is 14.3. The Labute approximate surface area is 113 Å². The molecule has 1 atom stereocenters. The average Bonchev–Trinajstić information content (AvgIpc) is 2.39. The quantitative estimate of drug-likeness (QED) is 0.914. The van der Waals surface area contributed by atoms with Gasteiger partial charge in [-0.1, -0.05) is 30.3 Å². The van der Waals surface area contributed by atoms with Crippen molar-refractivity contribution in [1.82, 2.24) is 0 Å². The van der Waals surface area contributed by atoms with Crippen LogP contribution in [-0.2, 0) is 12.0 Å². The molecule has 0 saturated carbocycles. The van der Waals surface area contributed by atoms with Crippen molar-refractivity contribution < 1.29 is 9.13 Å². The highest BCUT2D eigenvalue weighted by molar-refractivity contribution is 5.32. The molecule has 2 nitrogen and oxygen atoms in total. The van der Waals surface area contributed by atoms with Gasteiger partial charge >= 0.3 is 0 Å². The Morgan fingerprint density at radius 1 is 1.11 bits per heavy atom. The standard InChI is InChI=1S/C16H18FNO/c1-16(18,14-5-3-4-6-15(14)17)11-12-7-9-13(19-2)10-8-12/h3-10H,11,18H2,1-2H3. The molecule has 0 bridgehead atoms. The SMILES string of the molecule is COc1ccc(CC(C)(N)c2ccccc2F)cc1. The van der Waals surface area contributed by atoms with Crippen molar-refractivity contribution in [2.24, 2.45) is 5.73 Å². The normalized spacial score (nSPS) is 13.9. The van der Waals surface area contributed by atoms with E-state index in [4.69, 9.17) is 10.5 Å². The zero-order chi connectivity index (χ0) is 13.9. The van der Waals surface area contributed by atoms with E-state index in [0.717, 1.165) is 11.3 Å². The number of hydrogen-bond donors (Lipinski definition) is 1. The summed E-state index contributed by atoms with van der Waals surface area (Å²) in [6.45, 7) is 1.84. The molecular formula is C16H18FNO. The van der Waals surface area contributed by atoms with E-state index in [2.05, 4.69) is 0 Å². The van der Waals surface area contributed by atoms with E-state index in [1.165, 1.54) is 6.07 Å². The number of nitrogens with two attached hydrogens (primary N) is 1. The van der Waals surface area contributed by atoms with Crippen molar-refractivity contribution in [1.29, 1.82) is 0 Å². The van der Waals surface area contributed by atoms with Gasteiger partial charge in [0.1, 0.15) is 11.6 Å². The molecule has 3 heteroatoms. The lowest BCUT2D eigenvalue weighted by Crippen LogP contribution is -2.36. The molecule has 0 aliphatic carbocycles. The highest BCUT2D eigenvalue weighted by Crippen LogP contribution is 2.25. The third-order valence-corrected chi connectivity index (χ3v) is 3.22. The maximum Gasteiger partial charge on any atom is 0.128 e. The van der Waals surface area contributed by atoms with E-state index in [9.17, 15) is 4.39 Å². The third kappa shape index (κ3) is 3.12. The Morgan fingerprint density at radius 2 is 1.74 bits per heavy atom. The monoisotopic (exact) mass is 259 g/mol. The minimum absolute atomic E-state index is 0.263. The van der Waals surface area contributed by atoms with Gasteiger partial charge in [0.2, 0.25) is 0 Å². The Balaban J connectivity index is 2.23. The maximum absolute atomic E-state index is 13.8. The molecule has 0 heterocycles. The van der Waals surface area contributed by atoms with Crippen molar-refractivity contribution in [3.8, 4) is 5.75 Å². The Morgan fingerprint density at radius 3 is 2.32 bits per heavy atom. The molecule has 0 aliphatic heterocycles. The molecule has 2 aromatic rings. The fourth-order valence-corrected chi connectivity index (χ4v) is 2.19. The average molecular weight is 259 g/mol. The minimum Gasteiger partial charge on any atom is -0.497 e. The van der Waals surface area contributed by atoms with E-state index in [-0.39, 0.29) is 5.82 Å². The van der Waals surface area contributed by atoms with Gasteiger partial charge in [0.05, 0.1) is 7.11 Å². The number of rotatable bonds is 4. The molecule has 100 valence electrons. The first-order chi connectivity index (χ1) is 9.03. The molecule has 0 saturated heterocycles. The largest absolute Gasteiger partial charge is 0.497 e. The Kier molecular flexibility index (Phi) is 3.86. The van der Waals surface area contributed by atoms with Gasteiger partial charge in [-0.3, -0.25) is 0 Å². The summed E-state index contributed by atoms with van der Waals surface area (Å²) >= 11 is 0. The van der Waals surface area contributed by atoms with Gasteiger partial charge in [-0.15, -0.1) is 0 Å². The van der Waals surface area contributed by atoms with E-state index < -0.39 is 5.54 Å². The van der Waals surface area contributed by atoms with Crippen molar-refractivity contribution in [3.63, 3.8) is 0 Å². The van der Waals surface area contributed by atoms with Gasteiger partial charge in [-0.05, 0) is 37.1 Å². The number of methoxy groups -OCH3 is 1. The molecule has 0 aliphatic rings. The van der Waals surface area contributed by atoms with Crippen molar-refractivity contribution in [2.45, 2.75) is 18.9 Å². The lowest BCUT2D eigenvalue weighted by atomic mass is 9.86. The van der Waals surface area contributed by atoms with Gasteiger partial charge in [0.25, 0.3) is 0 Å². The summed E-state index contributed by atoms with van der Waals surface area (Å²) < 4.78 is 18.9. The van der Waals surface area contributed by atoms with Crippen LogP contribution < -0.4 is 10.5 Å². The summed E-state index contributed by atoms with van der Waals surface area (Å²) in [5, 5.41) is 0. The van der Waals surface area contributed by atoms with E-state index in [1.54, 1.807) is 25.3 Å². The highest BCUT2D eigenvalue weighted by Gasteiger charge is 2.24. The lowest BCUT2D eigenvalue weighted by molar-refractivity contribution is 0.414. The first-order valence-corrected chi connectivity index (χ1v) is 6.20. The fraction of sp³-hybridized carbons (Fsp3) is 0.250. The molecule has 0 radical (unpaired) electrons. The third-order valence-electron chi connectivity index (χ3n) is 3.22. The summed E-state index contributed by atoms with van der Waals surface area (Å²) in [6.07, 6.45) is 0.567. The van der Waals surface area contributed by atoms with E-state index >= 15 is 0 Å². The summed E-state index contributed by atoms with van der Waals surface area (Å²) in [7, 11) is 1.63. The first-order valence-electron chi connectivity index (χ1n) is 6.20. The molecule has 2 aromatic carbocycles. The molecule has 1 unspecified atom stereocenters. The molecule has 0 fully saturated rings. The predicted octanol–water partition coefficient (Wildman–Crippen LogP) is 3.25. The molecule has 19 heavy (non-hydrogen) atoms.